The Kier molecular flexibility index (Phi) is 9.01. The second-order valence-corrected chi connectivity index (χ2v) is 10.5. The molecule has 8 heteroatoms. The van der Waals surface area contributed by atoms with Gasteiger partial charge in [-0.05, 0) is 44.0 Å². The van der Waals surface area contributed by atoms with Crippen molar-refractivity contribution in [3.63, 3.8) is 0 Å². The van der Waals surface area contributed by atoms with Crippen molar-refractivity contribution >= 4 is 11.8 Å². The fourth-order valence-corrected chi connectivity index (χ4v) is 5.12. The first-order chi connectivity index (χ1) is 18.3. The highest BCUT2D eigenvalue weighted by atomic mass is 19.1. The summed E-state index contributed by atoms with van der Waals surface area (Å²) in [5.74, 6) is 5.42. The quantitative estimate of drug-likeness (QED) is 0.604. The minimum absolute atomic E-state index is 0.0507. The smallest absolute Gasteiger partial charge is 0.259 e. The standard InChI is InChI=1S/C30H36FN3O4/c1-20-17-34(21(2)19-35)30(37)26-15-23(13-12-22-8-7-11-25(31)14-22)16-32-28(26)38-27(20)18-33(3)29(36)24-9-5-4-6-10-24/h7-8,11,14-16,20-21,24,27,35H,4-6,9-10,17-19H2,1-3H3/t20-,21+,27+/m0/s1. The maximum absolute atomic E-state index is 13.6. The number of pyridine rings is 1. The molecule has 1 aliphatic carbocycles. The summed E-state index contributed by atoms with van der Waals surface area (Å²) in [6, 6.07) is 7.18. The Labute approximate surface area is 224 Å². The van der Waals surface area contributed by atoms with Crippen LogP contribution >= 0.6 is 0 Å². The maximum Gasteiger partial charge on any atom is 0.259 e. The highest BCUT2D eigenvalue weighted by molar-refractivity contribution is 5.97. The number of benzene rings is 1. The number of nitrogens with zero attached hydrogens (tertiary/aromatic N) is 3. The average molecular weight is 522 g/mol. The van der Waals surface area contributed by atoms with E-state index in [2.05, 4.69) is 16.8 Å². The van der Waals surface area contributed by atoms with Crippen LogP contribution in [0.2, 0.25) is 0 Å². The number of fused-ring (bicyclic) bond motifs is 1. The second-order valence-electron chi connectivity index (χ2n) is 10.5. The highest BCUT2D eigenvalue weighted by Crippen LogP contribution is 2.29. The molecule has 1 saturated carbocycles. The van der Waals surface area contributed by atoms with Gasteiger partial charge >= 0.3 is 0 Å². The molecular weight excluding hydrogens is 485 g/mol. The van der Waals surface area contributed by atoms with E-state index < -0.39 is 12.1 Å². The van der Waals surface area contributed by atoms with Crippen LogP contribution in [0.3, 0.4) is 0 Å². The monoisotopic (exact) mass is 521 g/mol. The summed E-state index contributed by atoms with van der Waals surface area (Å²) >= 11 is 0. The lowest BCUT2D eigenvalue weighted by Gasteiger charge is -2.38. The van der Waals surface area contributed by atoms with Crippen LogP contribution in [0, 0.1) is 29.5 Å². The van der Waals surface area contributed by atoms with Crippen LogP contribution in [-0.4, -0.2) is 70.6 Å². The van der Waals surface area contributed by atoms with Crippen LogP contribution in [0.1, 0.15) is 67.4 Å². The molecule has 4 rings (SSSR count). The Balaban J connectivity index is 1.62. The number of amides is 2. The van der Waals surface area contributed by atoms with E-state index in [4.69, 9.17) is 4.74 Å². The molecule has 0 spiro atoms. The molecule has 0 unspecified atom stereocenters. The molecular formula is C30H36FN3O4. The summed E-state index contributed by atoms with van der Waals surface area (Å²) in [6.07, 6.45) is 6.31. The van der Waals surface area contributed by atoms with E-state index in [1.54, 1.807) is 34.9 Å². The van der Waals surface area contributed by atoms with Crippen molar-refractivity contribution in [2.24, 2.45) is 11.8 Å². The van der Waals surface area contributed by atoms with E-state index >= 15 is 0 Å². The van der Waals surface area contributed by atoms with E-state index in [1.807, 2.05) is 14.0 Å². The van der Waals surface area contributed by atoms with Crippen LogP contribution in [0.5, 0.6) is 5.88 Å². The second kappa shape index (κ2) is 12.4. The third kappa shape index (κ3) is 6.51. The number of likely N-dealkylation sites (N-methyl/N-ethyl adjacent to an activating group) is 1. The summed E-state index contributed by atoms with van der Waals surface area (Å²) in [5.41, 5.74) is 1.24. The van der Waals surface area contributed by atoms with Gasteiger partial charge in [0.1, 0.15) is 17.5 Å². The fourth-order valence-electron chi connectivity index (χ4n) is 5.12. The number of halogens is 1. The van der Waals surface area contributed by atoms with E-state index in [1.165, 1.54) is 24.8 Å². The molecule has 2 aliphatic rings. The summed E-state index contributed by atoms with van der Waals surface area (Å²) in [6.45, 7) is 4.31. The number of ether oxygens (including phenoxy) is 1. The first kappa shape index (κ1) is 27.6. The molecule has 1 aromatic heterocycles. The Bertz CT molecular complexity index is 1220. The lowest BCUT2D eigenvalue weighted by Crippen LogP contribution is -2.51. The van der Waals surface area contributed by atoms with E-state index in [-0.39, 0.29) is 47.5 Å². The van der Waals surface area contributed by atoms with Gasteiger partial charge in [0, 0.05) is 42.8 Å². The molecule has 0 radical (unpaired) electrons. The zero-order chi connectivity index (χ0) is 27.2. The van der Waals surface area contributed by atoms with Crippen molar-refractivity contribution < 1.29 is 23.8 Å². The molecule has 0 bridgehead atoms. The van der Waals surface area contributed by atoms with Crippen LogP contribution in [-0.2, 0) is 4.79 Å². The van der Waals surface area contributed by atoms with Crippen LogP contribution in [0.25, 0.3) is 0 Å². The number of rotatable bonds is 5. The largest absolute Gasteiger partial charge is 0.472 e. The van der Waals surface area contributed by atoms with Crippen LogP contribution in [0.15, 0.2) is 36.5 Å². The predicted octanol–water partition coefficient (Wildman–Crippen LogP) is 3.88. The van der Waals surface area contributed by atoms with Gasteiger partial charge in [0.2, 0.25) is 11.8 Å². The summed E-state index contributed by atoms with van der Waals surface area (Å²) in [5, 5.41) is 9.87. The van der Waals surface area contributed by atoms with Gasteiger partial charge in [-0.25, -0.2) is 9.37 Å². The Morgan fingerprint density at radius 1 is 1.24 bits per heavy atom. The van der Waals surface area contributed by atoms with Crippen molar-refractivity contribution in [2.45, 2.75) is 58.1 Å². The zero-order valence-electron chi connectivity index (χ0n) is 22.3. The normalized spacial score (nSPS) is 20.8. The van der Waals surface area contributed by atoms with Crippen LogP contribution < -0.4 is 4.74 Å². The van der Waals surface area contributed by atoms with Crippen molar-refractivity contribution in [3.8, 4) is 17.7 Å². The van der Waals surface area contributed by atoms with Crippen LogP contribution in [0.4, 0.5) is 4.39 Å². The maximum atomic E-state index is 13.6. The number of hydrogen-bond acceptors (Lipinski definition) is 5. The summed E-state index contributed by atoms with van der Waals surface area (Å²) in [7, 11) is 1.81. The molecule has 0 saturated heterocycles. The molecule has 1 aliphatic heterocycles. The molecule has 1 fully saturated rings. The topological polar surface area (TPSA) is 83.0 Å². The van der Waals surface area contributed by atoms with E-state index in [0.29, 0.717) is 24.2 Å². The van der Waals surface area contributed by atoms with Gasteiger partial charge in [-0.2, -0.15) is 0 Å². The summed E-state index contributed by atoms with van der Waals surface area (Å²) < 4.78 is 19.8. The third-order valence-electron chi connectivity index (χ3n) is 7.48. The number of aromatic nitrogens is 1. The van der Waals surface area contributed by atoms with E-state index in [9.17, 15) is 19.1 Å². The third-order valence-corrected chi connectivity index (χ3v) is 7.48. The fraction of sp³-hybridized carbons (Fsp3) is 0.500. The molecule has 2 aromatic rings. The van der Waals surface area contributed by atoms with Crippen molar-refractivity contribution in [3.05, 3.63) is 59.0 Å². The summed E-state index contributed by atoms with van der Waals surface area (Å²) in [4.78, 5) is 34.5. The number of aliphatic hydroxyl groups excluding tert-OH is 1. The Morgan fingerprint density at radius 2 is 1.97 bits per heavy atom. The van der Waals surface area contributed by atoms with Gasteiger partial charge in [-0.3, -0.25) is 9.59 Å². The highest BCUT2D eigenvalue weighted by Gasteiger charge is 2.35. The average Bonchev–Trinajstić information content (AvgIpc) is 2.93. The lowest BCUT2D eigenvalue weighted by molar-refractivity contribution is -0.136. The first-order valence-electron chi connectivity index (χ1n) is 13.4. The molecule has 1 N–H and O–H groups in total. The molecule has 38 heavy (non-hydrogen) atoms. The first-order valence-corrected chi connectivity index (χ1v) is 13.4. The minimum atomic E-state index is -0.416. The van der Waals surface area contributed by atoms with Gasteiger partial charge in [-0.15, -0.1) is 0 Å². The van der Waals surface area contributed by atoms with Gasteiger partial charge in [0.05, 0.1) is 19.2 Å². The Hall–Kier alpha value is -3.44. The molecule has 202 valence electrons. The Morgan fingerprint density at radius 3 is 2.68 bits per heavy atom. The molecule has 7 nitrogen and oxygen atoms in total. The number of carbonyl (C=O) groups is 2. The molecule has 2 heterocycles. The van der Waals surface area contributed by atoms with Gasteiger partial charge in [0.15, 0.2) is 0 Å². The van der Waals surface area contributed by atoms with Gasteiger partial charge in [0.25, 0.3) is 5.91 Å². The van der Waals surface area contributed by atoms with E-state index in [0.717, 1.165) is 25.7 Å². The SMILES string of the molecule is C[C@H](CO)N1C[C@H](C)[C@@H](CN(C)C(=O)C2CCCCC2)Oc2ncc(C#Cc3cccc(F)c3)cc2C1=O. The lowest BCUT2D eigenvalue weighted by atomic mass is 9.88. The number of aliphatic hydroxyl groups is 1. The molecule has 2 amide bonds. The van der Waals surface area contributed by atoms with Gasteiger partial charge < -0.3 is 19.6 Å². The molecule has 3 atom stereocenters. The van der Waals surface area contributed by atoms with Gasteiger partial charge in [-0.1, -0.05) is 44.1 Å². The minimum Gasteiger partial charge on any atom is -0.472 e. The zero-order valence-corrected chi connectivity index (χ0v) is 22.3. The van der Waals surface area contributed by atoms with Crippen molar-refractivity contribution in [1.29, 1.82) is 0 Å². The predicted molar refractivity (Wildman–Crippen MR) is 142 cm³/mol. The number of hydrogen-bond donors (Lipinski definition) is 1. The number of carbonyl (C=O) groups excluding carboxylic acids is 2. The van der Waals surface area contributed by atoms with Crippen molar-refractivity contribution in [2.75, 3.05) is 26.7 Å². The van der Waals surface area contributed by atoms with Crippen molar-refractivity contribution in [1.82, 2.24) is 14.8 Å². The molecule has 1 aromatic carbocycles.